The molecule has 0 aliphatic rings. The number of fused-ring (bicyclic) bond motifs is 2. The summed E-state index contributed by atoms with van der Waals surface area (Å²) in [4.78, 5) is 60.4. The Morgan fingerprint density at radius 1 is 0.818 bits per heavy atom. The van der Waals surface area contributed by atoms with Crippen molar-refractivity contribution in [1.29, 1.82) is 5.41 Å². The molecule has 1 N–H and O–H groups in total. The molecule has 2 aromatic carbocycles. The van der Waals surface area contributed by atoms with E-state index in [4.69, 9.17) is 14.9 Å². The van der Waals surface area contributed by atoms with Crippen LogP contribution in [0.15, 0.2) is 52.1 Å². The van der Waals surface area contributed by atoms with Crippen LogP contribution >= 0.6 is 0 Å². The van der Waals surface area contributed by atoms with Crippen molar-refractivity contribution in [2.24, 2.45) is 5.92 Å². The summed E-state index contributed by atoms with van der Waals surface area (Å²) < 4.78 is 9.94. The molecule has 166 valence electrons. The van der Waals surface area contributed by atoms with E-state index in [2.05, 4.69) is 9.97 Å². The Morgan fingerprint density at radius 3 is 2.00 bits per heavy atom. The smallest absolute Gasteiger partial charge is 0.326 e. The summed E-state index contributed by atoms with van der Waals surface area (Å²) >= 11 is 0. The fourth-order valence-corrected chi connectivity index (χ4v) is 3.68. The lowest BCUT2D eigenvalue weighted by molar-refractivity contribution is -0.157. The molecule has 0 aliphatic heterocycles. The number of nitrogens with one attached hydrogen (secondary N) is 1. The minimum absolute atomic E-state index is 0.0178. The SMILES string of the molecule is CCOC(=O)C(C(=N)c1nc2cccc3c(=O)c4ccccc4c(=O)c1nc23)C(=O)OCC. The first kappa shape index (κ1) is 21.9. The quantitative estimate of drug-likeness (QED) is 0.271. The number of carbonyl (C=O) groups excluding carboxylic acids is 2. The summed E-state index contributed by atoms with van der Waals surface area (Å²) in [5, 5.41) is 9.19. The summed E-state index contributed by atoms with van der Waals surface area (Å²) in [5.74, 6) is -3.72. The predicted octanol–water partition coefficient (Wildman–Crippen LogP) is 2.20. The zero-order chi connectivity index (χ0) is 23.7. The van der Waals surface area contributed by atoms with E-state index in [0.717, 1.165) is 0 Å². The number of para-hydroxylation sites is 1. The molecule has 0 saturated carbocycles. The summed E-state index contributed by atoms with van der Waals surface area (Å²) in [6, 6.07) is 11.0. The van der Waals surface area contributed by atoms with E-state index in [1.165, 1.54) is 6.07 Å². The number of esters is 2. The maximum absolute atomic E-state index is 13.4. The maximum Gasteiger partial charge on any atom is 0.326 e. The van der Waals surface area contributed by atoms with Crippen LogP contribution in [-0.4, -0.2) is 40.8 Å². The van der Waals surface area contributed by atoms with Gasteiger partial charge in [0, 0.05) is 10.8 Å². The molecule has 0 unspecified atom stereocenters. The van der Waals surface area contributed by atoms with Crippen LogP contribution in [0, 0.1) is 11.3 Å². The Labute approximate surface area is 186 Å². The molecule has 0 fully saturated rings. The number of hydrogen-bond donors (Lipinski definition) is 1. The lowest BCUT2D eigenvalue weighted by Gasteiger charge is -2.16. The Morgan fingerprint density at radius 2 is 1.39 bits per heavy atom. The Hall–Kier alpha value is -4.27. The van der Waals surface area contributed by atoms with Gasteiger partial charge in [-0.3, -0.25) is 19.2 Å². The number of carbonyl (C=O) groups is 2. The number of ether oxygens (including phenoxy) is 2. The molecule has 0 atom stereocenters. The highest BCUT2D eigenvalue weighted by Crippen LogP contribution is 2.21. The first-order valence-corrected chi connectivity index (χ1v) is 10.3. The number of benzene rings is 2. The van der Waals surface area contributed by atoms with Crippen LogP contribution in [0.25, 0.3) is 32.7 Å². The highest BCUT2D eigenvalue weighted by molar-refractivity contribution is 6.23. The van der Waals surface area contributed by atoms with E-state index < -0.39 is 29.0 Å². The molecule has 0 aliphatic carbocycles. The summed E-state index contributed by atoms with van der Waals surface area (Å²) in [7, 11) is 0. The van der Waals surface area contributed by atoms with Gasteiger partial charge in [0.1, 0.15) is 16.7 Å². The van der Waals surface area contributed by atoms with Gasteiger partial charge in [0.05, 0.1) is 29.8 Å². The molecule has 2 heterocycles. The van der Waals surface area contributed by atoms with Gasteiger partial charge in [0.2, 0.25) is 5.43 Å². The molecule has 4 aromatic rings. The minimum Gasteiger partial charge on any atom is -0.465 e. The lowest BCUT2D eigenvalue weighted by Crippen LogP contribution is -2.36. The van der Waals surface area contributed by atoms with Crippen LogP contribution in [0.3, 0.4) is 0 Å². The van der Waals surface area contributed by atoms with Gasteiger partial charge < -0.3 is 14.9 Å². The van der Waals surface area contributed by atoms with Crippen molar-refractivity contribution in [3.63, 3.8) is 0 Å². The number of hydrogen-bond acceptors (Lipinski definition) is 9. The van der Waals surface area contributed by atoms with Crippen molar-refractivity contribution in [2.45, 2.75) is 13.8 Å². The van der Waals surface area contributed by atoms with Gasteiger partial charge in [-0.1, -0.05) is 30.3 Å². The van der Waals surface area contributed by atoms with Crippen molar-refractivity contribution >= 4 is 50.4 Å². The fourth-order valence-electron chi connectivity index (χ4n) is 3.68. The topological polar surface area (TPSA) is 136 Å². The van der Waals surface area contributed by atoms with Crippen molar-refractivity contribution in [3.8, 4) is 0 Å². The molecule has 9 nitrogen and oxygen atoms in total. The number of aromatic nitrogens is 2. The number of nitrogens with zero attached hydrogens (tertiary/aromatic N) is 2. The molecule has 0 spiro atoms. The molecular weight excluding hydrogens is 426 g/mol. The van der Waals surface area contributed by atoms with E-state index in [0.29, 0.717) is 0 Å². The van der Waals surface area contributed by atoms with Crippen LogP contribution < -0.4 is 10.9 Å². The van der Waals surface area contributed by atoms with Crippen LogP contribution in [0.5, 0.6) is 0 Å². The molecule has 2 bridgehead atoms. The van der Waals surface area contributed by atoms with Crippen LogP contribution in [-0.2, 0) is 19.1 Å². The van der Waals surface area contributed by atoms with E-state index in [9.17, 15) is 19.2 Å². The minimum atomic E-state index is -1.74. The molecule has 33 heavy (non-hydrogen) atoms. The Balaban J connectivity index is 2.11. The van der Waals surface area contributed by atoms with Crippen LogP contribution in [0.4, 0.5) is 0 Å². The van der Waals surface area contributed by atoms with Gasteiger partial charge in [-0.05, 0) is 26.0 Å². The lowest BCUT2D eigenvalue weighted by atomic mass is 9.98. The largest absolute Gasteiger partial charge is 0.465 e. The molecule has 0 amide bonds. The average molecular weight is 445 g/mol. The predicted molar refractivity (Wildman–Crippen MR) is 122 cm³/mol. The standard InChI is InChI=1S/C24H19N3O6/c1-3-32-23(30)16(24(31)33-4-2)17(25)19-20-22(29)13-9-6-5-8-12(13)21(28)14-10-7-11-15(26-19)18(14)27-20/h5-11,16,25H,3-4H2,1-2H3. The van der Waals surface area contributed by atoms with Crippen molar-refractivity contribution in [3.05, 3.63) is 68.6 Å². The molecular formula is C24H19N3O6. The van der Waals surface area contributed by atoms with E-state index in [1.807, 2.05) is 0 Å². The second-order valence-electron chi connectivity index (χ2n) is 7.15. The highest BCUT2D eigenvalue weighted by Gasteiger charge is 2.37. The Kier molecular flexibility index (Phi) is 5.78. The van der Waals surface area contributed by atoms with Gasteiger partial charge in [-0.15, -0.1) is 0 Å². The zero-order valence-corrected chi connectivity index (χ0v) is 17.9. The van der Waals surface area contributed by atoms with Gasteiger partial charge in [0.15, 0.2) is 11.3 Å². The first-order chi connectivity index (χ1) is 15.9. The third-order valence-corrected chi connectivity index (χ3v) is 5.16. The van der Waals surface area contributed by atoms with E-state index in [-0.39, 0.29) is 57.0 Å². The molecule has 9 heteroatoms. The molecule has 2 aromatic heterocycles. The summed E-state index contributed by atoms with van der Waals surface area (Å²) in [5.41, 5.74) is -1.64. The van der Waals surface area contributed by atoms with Gasteiger partial charge in [-0.25, -0.2) is 9.97 Å². The number of rotatable bonds is 6. The van der Waals surface area contributed by atoms with E-state index in [1.54, 1.807) is 50.2 Å². The third kappa shape index (κ3) is 3.67. The normalized spacial score (nSPS) is 11.2. The summed E-state index contributed by atoms with van der Waals surface area (Å²) in [6.45, 7) is 3.10. The van der Waals surface area contributed by atoms with E-state index >= 15 is 0 Å². The van der Waals surface area contributed by atoms with Crippen molar-refractivity contribution in [1.82, 2.24) is 9.97 Å². The van der Waals surface area contributed by atoms with Crippen LogP contribution in [0.2, 0.25) is 0 Å². The molecule has 4 rings (SSSR count). The van der Waals surface area contributed by atoms with Crippen LogP contribution in [0.1, 0.15) is 19.5 Å². The van der Waals surface area contributed by atoms with Crippen molar-refractivity contribution in [2.75, 3.05) is 13.2 Å². The second kappa shape index (κ2) is 8.70. The maximum atomic E-state index is 13.4. The fraction of sp³-hybridized carbons (Fsp3) is 0.208. The highest BCUT2D eigenvalue weighted by atomic mass is 16.6. The van der Waals surface area contributed by atoms with Gasteiger partial charge >= 0.3 is 11.9 Å². The monoisotopic (exact) mass is 445 g/mol. The third-order valence-electron chi connectivity index (χ3n) is 5.16. The van der Waals surface area contributed by atoms with Gasteiger partial charge in [-0.2, -0.15) is 0 Å². The molecule has 0 saturated heterocycles. The first-order valence-electron chi connectivity index (χ1n) is 10.3. The second-order valence-corrected chi connectivity index (χ2v) is 7.15. The zero-order valence-electron chi connectivity index (χ0n) is 17.9. The summed E-state index contributed by atoms with van der Waals surface area (Å²) in [6.07, 6.45) is 0. The van der Waals surface area contributed by atoms with Crippen molar-refractivity contribution < 1.29 is 19.1 Å². The average Bonchev–Trinajstić information content (AvgIpc) is 2.81. The van der Waals surface area contributed by atoms with Gasteiger partial charge in [0.25, 0.3) is 0 Å². The Bertz CT molecular complexity index is 1530. The molecule has 0 radical (unpaired) electrons.